The molecule has 0 bridgehead atoms. The Hall–Kier alpha value is -0.380. The summed E-state index contributed by atoms with van der Waals surface area (Å²) in [6, 6.07) is 0. The second kappa shape index (κ2) is 5.30. The molecule has 3 nitrogen and oxygen atoms in total. The monoisotopic (exact) mass is 194 g/mol. The first-order chi connectivity index (χ1) is 5.45. The Morgan fingerprint density at radius 3 is 2.33 bits per heavy atom. The van der Waals surface area contributed by atoms with Gasteiger partial charge in [0, 0.05) is 0 Å². The number of ether oxygens (including phenoxy) is 2. The minimum atomic E-state index is -0.584. The highest BCUT2D eigenvalue weighted by atomic mass is 32.3. The van der Waals surface area contributed by atoms with Crippen molar-refractivity contribution >= 4 is 16.2 Å². The molecule has 0 aromatic heterocycles. The van der Waals surface area contributed by atoms with E-state index in [4.69, 9.17) is 4.74 Å². The molecule has 0 aromatic rings. The van der Waals surface area contributed by atoms with Crippen molar-refractivity contribution in [3.05, 3.63) is 0 Å². The van der Waals surface area contributed by atoms with Crippen molar-refractivity contribution in [2.75, 3.05) is 38.2 Å². The zero-order chi connectivity index (χ0) is 9.61. The van der Waals surface area contributed by atoms with Crippen LogP contribution in [0.1, 0.15) is 6.42 Å². The van der Waals surface area contributed by atoms with Gasteiger partial charge in [-0.3, -0.25) is 0 Å². The maximum Gasteiger partial charge on any atom is 0.507 e. The van der Waals surface area contributed by atoms with Crippen LogP contribution in [0.15, 0.2) is 0 Å². The van der Waals surface area contributed by atoms with Crippen LogP contribution < -0.4 is 0 Å². The van der Waals surface area contributed by atoms with Gasteiger partial charge in [0.05, 0.1) is 13.7 Å². The minimum absolute atomic E-state index is 0.461. The molecule has 0 atom stereocenters. The quantitative estimate of drug-likeness (QED) is 0.506. The van der Waals surface area contributed by atoms with Crippen LogP contribution in [0, 0.1) is 0 Å². The Kier molecular flexibility index (Phi) is 5.13. The van der Waals surface area contributed by atoms with Gasteiger partial charge in [-0.2, -0.15) is 0 Å². The van der Waals surface area contributed by atoms with Crippen LogP contribution in [0.5, 0.6) is 0 Å². The average Bonchev–Trinajstić information content (AvgIpc) is 1.96. The molecule has 0 radical (unpaired) electrons. The third-order valence-electron chi connectivity index (χ3n) is 1.29. The zero-order valence-electron chi connectivity index (χ0n) is 8.25. The Labute approximate surface area is 75.7 Å². The molecule has 0 saturated carbocycles. The summed E-state index contributed by atoms with van der Waals surface area (Å²) in [5, 5.41) is 0. The normalized spacial score (nSPS) is 12.3. The Bertz CT molecular complexity index is 140. The number of hydrogen-bond donors (Lipinski definition) is 0. The molecular formula is C8H18O3S. The smallest absolute Gasteiger partial charge is 0.438 e. The number of hydrogen-bond acceptors (Lipinski definition) is 3. The third kappa shape index (κ3) is 7.72. The zero-order valence-corrected chi connectivity index (χ0v) is 9.07. The van der Waals surface area contributed by atoms with Crippen LogP contribution in [0.25, 0.3) is 0 Å². The van der Waals surface area contributed by atoms with Crippen LogP contribution in [-0.4, -0.2) is 44.4 Å². The predicted octanol–water partition coefficient (Wildman–Crippen LogP) is 1.85. The van der Waals surface area contributed by atoms with Gasteiger partial charge in [0.1, 0.15) is 0 Å². The second-order valence-corrected chi connectivity index (χ2v) is 8.04. The Balaban J connectivity index is 3.28. The van der Waals surface area contributed by atoms with Crippen LogP contribution in [0.2, 0.25) is 0 Å². The summed E-state index contributed by atoms with van der Waals surface area (Å²) >= 11 is 0. The highest BCUT2D eigenvalue weighted by Gasteiger charge is 2.04. The number of methoxy groups -OCH3 is 1. The van der Waals surface area contributed by atoms with Crippen molar-refractivity contribution in [1.29, 1.82) is 0 Å². The fraction of sp³-hybridized carbons (Fsp3) is 0.875. The number of carbonyl (C=O) groups excluding carboxylic acids is 1. The van der Waals surface area contributed by atoms with Gasteiger partial charge < -0.3 is 9.47 Å². The van der Waals surface area contributed by atoms with Crippen LogP contribution in [0.3, 0.4) is 0 Å². The van der Waals surface area contributed by atoms with Crippen molar-refractivity contribution in [2.45, 2.75) is 6.42 Å². The first-order valence-electron chi connectivity index (χ1n) is 3.82. The van der Waals surface area contributed by atoms with E-state index in [9.17, 15) is 4.79 Å². The highest BCUT2D eigenvalue weighted by Crippen LogP contribution is 2.34. The van der Waals surface area contributed by atoms with E-state index in [1.54, 1.807) is 0 Å². The summed E-state index contributed by atoms with van der Waals surface area (Å²) in [4.78, 5) is 10.5. The molecule has 0 rings (SSSR count). The first kappa shape index (κ1) is 11.6. The van der Waals surface area contributed by atoms with Gasteiger partial charge in [0.15, 0.2) is 0 Å². The van der Waals surface area contributed by atoms with Crippen molar-refractivity contribution in [3.63, 3.8) is 0 Å². The van der Waals surface area contributed by atoms with E-state index in [1.807, 2.05) is 0 Å². The van der Waals surface area contributed by atoms with Gasteiger partial charge >= 0.3 is 6.16 Å². The van der Waals surface area contributed by atoms with Crippen molar-refractivity contribution in [1.82, 2.24) is 0 Å². The summed E-state index contributed by atoms with van der Waals surface area (Å²) in [7, 11) is 0.856. The van der Waals surface area contributed by atoms with Gasteiger partial charge in [-0.05, 0) is 30.9 Å². The van der Waals surface area contributed by atoms with E-state index in [0.29, 0.717) is 6.61 Å². The van der Waals surface area contributed by atoms with E-state index < -0.39 is 16.2 Å². The summed E-state index contributed by atoms with van der Waals surface area (Å²) < 4.78 is 9.07. The molecule has 12 heavy (non-hydrogen) atoms. The van der Waals surface area contributed by atoms with E-state index >= 15 is 0 Å². The lowest BCUT2D eigenvalue weighted by Crippen LogP contribution is -2.08. The van der Waals surface area contributed by atoms with E-state index in [-0.39, 0.29) is 0 Å². The molecule has 0 spiro atoms. The molecule has 0 aliphatic rings. The van der Waals surface area contributed by atoms with Crippen molar-refractivity contribution in [2.24, 2.45) is 0 Å². The molecule has 0 unspecified atom stereocenters. The fourth-order valence-electron chi connectivity index (χ4n) is 0.706. The molecule has 0 amide bonds. The molecule has 0 aliphatic carbocycles. The van der Waals surface area contributed by atoms with E-state index in [2.05, 4.69) is 23.5 Å². The standard InChI is InChI=1S/C8H18O3S/c1-10-8(9)11-6-5-7-12(2,3)4/h5-7H2,1-4H3. The van der Waals surface area contributed by atoms with Gasteiger partial charge in [-0.25, -0.2) is 14.8 Å². The molecule has 4 heteroatoms. The summed E-state index contributed by atoms with van der Waals surface area (Å²) in [6.45, 7) is 0.469. The maximum atomic E-state index is 10.5. The topological polar surface area (TPSA) is 35.5 Å². The minimum Gasteiger partial charge on any atom is -0.438 e. The molecule has 0 saturated heterocycles. The number of carbonyl (C=O) groups is 1. The molecule has 0 fully saturated rings. The van der Waals surface area contributed by atoms with Gasteiger partial charge in [-0.15, -0.1) is 0 Å². The lowest BCUT2D eigenvalue weighted by Gasteiger charge is -2.24. The van der Waals surface area contributed by atoms with Gasteiger partial charge in [0.25, 0.3) is 0 Å². The maximum absolute atomic E-state index is 10.5. The number of rotatable bonds is 4. The molecule has 0 aromatic carbocycles. The molecule has 0 aliphatic heterocycles. The molecule has 0 N–H and O–H groups in total. The highest BCUT2D eigenvalue weighted by molar-refractivity contribution is 8.32. The third-order valence-corrected chi connectivity index (χ3v) is 2.80. The largest absolute Gasteiger partial charge is 0.507 e. The SMILES string of the molecule is COC(=O)OCCCS(C)(C)C. The Morgan fingerprint density at radius 2 is 1.92 bits per heavy atom. The van der Waals surface area contributed by atoms with Crippen LogP contribution in [0.4, 0.5) is 4.79 Å². The summed E-state index contributed by atoms with van der Waals surface area (Å²) in [5.74, 6) is 1.13. The first-order valence-corrected chi connectivity index (χ1v) is 6.85. The van der Waals surface area contributed by atoms with Gasteiger partial charge in [-0.1, -0.05) is 0 Å². The van der Waals surface area contributed by atoms with Crippen molar-refractivity contribution in [3.8, 4) is 0 Å². The lowest BCUT2D eigenvalue weighted by molar-refractivity contribution is 0.0730. The van der Waals surface area contributed by atoms with Gasteiger partial charge in [0.2, 0.25) is 0 Å². The van der Waals surface area contributed by atoms with E-state index in [0.717, 1.165) is 12.2 Å². The molecule has 0 heterocycles. The average molecular weight is 194 g/mol. The summed E-state index contributed by atoms with van der Waals surface area (Å²) in [6.07, 6.45) is 7.06. The van der Waals surface area contributed by atoms with Crippen molar-refractivity contribution < 1.29 is 14.3 Å². The Morgan fingerprint density at radius 1 is 1.33 bits per heavy atom. The van der Waals surface area contributed by atoms with Crippen LogP contribution >= 0.6 is 10.0 Å². The van der Waals surface area contributed by atoms with Crippen LogP contribution in [-0.2, 0) is 9.47 Å². The summed E-state index contributed by atoms with van der Waals surface area (Å²) in [5.41, 5.74) is 0. The predicted molar refractivity (Wildman–Crippen MR) is 53.2 cm³/mol. The lowest BCUT2D eigenvalue weighted by atomic mass is 10.5. The van der Waals surface area contributed by atoms with E-state index in [1.165, 1.54) is 7.11 Å². The molecular weight excluding hydrogens is 176 g/mol. The fourth-order valence-corrected chi connectivity index (χ4v) is 1.69. The second-order valence-electron chi connectivity index (χ2n) is 3.45. The molecule has 74 valence electrons.